The Morgan fingerprint density at radius 2 is 2.20 bits per heavy atom. The quantitative estimate of drug-likeness (QED) is 0.891. The molecule has 15 heavy (non-hydrogen) atoms. The van der Waals surface area contributed by atoms with Crippen molar-refractivity contribution in [3.8, 4) is 5.75 Å². The van der Waals surface area contributed by atoms with Crippen LogP contribution >= 0.6 is 15.9 Å². The summed E-state index contributed by atoms with van der Waals surface area (Å²) in [5.41, 5.74) is 6.78. The van der Waals surface area contributed by atoms with Gasteiger partial charge in [-0.2, -0.15) is 0 Å². The van der Waals surface area contributed by atoms with Gasteiger partial charge in [0.2, 0.25) is 0 Å². The van der Waals surface area contributed by atoms with E-state index in [9.17, 15) is 9.50 Å². The van der Waals surface area contributed by atoms with Crippen LogP contribution in [-0.2, 0) is 0 Å². The number of rotatable bonds is 3. The molecule has 1 aromatic carbocycles. The molecule has 0 radical (unpaired) electrons. The number of aryl methyl sites for hydroxylation is 1. The van der Waals surface area contributed by atoms with Crippen molar-refractivity contribution in [2.24, 2.45) is 5.73 Å². The van der Waals surface area contributed by atoms with Crippen LogP contribution in [0.1, 0.15) is 30.4 Å². The molecule has 0 aliphatic rings. The Kier molecular flexibility index (Phi) is 4.11. The van der Waals surface area contributed by atoms with Gasteiger partial charge in [0, 0.05) is 0 Å². The summed E-state index contributed by atoms with van der Waals surface area (Å²) < 4.78 is 14.1. The molecule has 0 saturated carbocycles. The first-order valence-electron chi connectivity index (χ1n) is 4.86. The summed E-state index contributed by atoms with van der Waals surface area (Å²) in [7, 11) is 0. The maximum atomic E-state index is 13.7. The molecule has 0 fully saturated rings. The number of phenols is 1. The van der Waals surface area contributed by atoms with Crippen molar-refractivity contribution < 1.29 is 9.50 Å². The summed E-state index contributed by atoms with van der Waals surface area (Å²) in [6.45, 7) is 4.23. The van der Waals surface area contributed by atoms with E-state index in [0.717, 1.165) is 5.56 Å². The Balaban J connectivity index is 3.19. The molecule has 0 aliphatic carbocycles. The Hall–Kier alpha value is -0.610. The molecule has 0 aromatic heterocycles. The molecule has 4 heteroatoms. The van der Waals surface area contributed by atoms with Gasteiger partial charge < -0.3 is 10.8 Å². The fraction of sp³-hybridized carbons (Fsp3) is 0.455. The number of hydrogen-bond acceptors (Lipinski definition) is 2. The topological polar surface area (TPSA) is 46.2 Å². The standard InChI is InChI=1S/C11H15BrFNO/c1-6(3-4-14)8-5-7(2)9(12)11(15)10(8)13/h5-6,15H,3-4,14H2,1-2H3. The number of benzene rings is 1. The number of hydrogen-bond donors (Lipinski definition) is 2. The third kappa shape index (κ3) is 2.49. The van der Waals surface area contributed by atoms with E-state index in [1.54, 1.807) is 6.07 Å². The first-order valence-corrected chi connectivity index (χ1v) is 5.65. The minimum atomic E-state index is -0.548. The van der Waals surface area contributed by atoms with Crippen molar-refractivity contribution in [1.29, 1.82) is 0 Å². The molecule has 0 bridgehead atoms. The van der Waals surface area contributed by atoms with Gasteiger partial charge in [-0.15, -0.1) is 0 Å². The fourth-order valence-electron chi connectivity index (χ4n) is 1.54. The molecule has 1 rings (SSSR count). The number of nitrogens with two attached hydrogens (primary N) is 1. The Morgan fingerprint density at radius 3 is 2.73 bits per heavy atom. The summed E-state index contributed by atoms with van der Waals surface area (Å²) in [6, 6.07) is 1.75. The lowest BCUT2D eigenvalue weighted by molar-refractivity contribution is 0.421. The van der Waals surface area contributed by atoms with Crippen molar-refractivity contribution >= 4 is 15.9 Å². The van der Waals surface area contributed by atoms with Crippen molar-refractivity contribution in [2.75, 3.05) is 6.54 Å². The zero-order valence-corrected chi connectivity index (χ0v) is 10.4. The maximum Gasteiger partial charge on any atom is 0.169 e. The van der Waals surface area contributed by atoms with Crippen LogP contribution in [0.25, 0.3) is 0 Å². The minimum Gasteiger partial charge on any atom is -0.504 e. The second kappa shape index (κ2) is 4.94. The lowest BCUT2D eigenvalue weighted by Crippen LogP contribution is -2.06. The second-order valence-electron chi connectivity index (χ2n) is 3.74. The first kappa shape index (κ1) is 12.5. The van der Waals surface area contributed by atoms with Gasteiger partial charge in [-0.1, -0.05) is 13.0 Å². The van der Waals surface area contributed by atoms with E-state index in [0.29, 0.717) is 23.0 Å². The highest BCUT2D eigenvalue weighted by Crippen LogP contribution is 2.35. The van der Waals surface area contributed by atoms with Crippen molar-refractivity contribution in [3.05, 3.63) is 27.5 Å². The third-order valence-electron chi connectivity index (χ3n) is 2.52. The van der Waals surface area contributed by atoms with Gasteiger partial charge in [-0.3, -0.25) is 0 Å². The predicted molar refractivity (Wildman–Crippen MR) is 62.6 cm³/mol. The maximum absolute atomic E-state index is 13.7. The van der Waals surface area contributed by atoms with Crippen LogP contribution in [0.5, 0.6) is 5.75 Å². The zero-order chi connectivity index (χ0) is 11.6. The summed E-state index contributed by atoms with van der Waals surface area (Å²) >= 11 is 3.14. The predicted octanol–water partition coefficient (Wildman–Crippen LogP) is 3.05. The Labute approximate surface area is 97.4 Å². The molecule has 1 unspecified atom stereocenters. The van der Waals surface area contributed by atoms with Gasteiger partial charge in [0.25, 0.3) is 0 Å². The van der Waals surface area contributed by atoms with Crippen molar-refractivity contribution in [1.82, 2.24) is 0 Å². The van der Waals surface area contributed by atoms with Crippen LogP contribution < -0.4 is 5.73 Å². The second-order valence-corrected chi connectivity index (χ2v) is 4.53. The van der Waals surface area contributed by atoms with Crippen molar-refractivity contribution in [2.45, 2.75) is 26.2 Å². The molecule has 1 aromatic rings. The number of aromatic hydroxyl groups is 1. The monoisotopic (exact) mass is 275 g/mol. The van der Waals surface area contributed by atoms with E-state index in [-0.39, 0.29) is 11.7 Å². The molecule has 84 valence electrons. The van der Waals surface area contributed by atoms with Gasteiger partial charge in [0.05, 0.1) is 4.47 Å². The zero-order valence-electron chi connectivity index (χ0n) is 8.85. The smallest absolute Gasteiger partial charge is 0.169 e. The van der Waals surface area contributed by atoms with Gasteiger partial charge in [0.15, 0.2) is 11.6 Å². The lowest BCUT2D eigenvalue weighted by Gasteiger charge is -2.14. The SMILES string of the molecule is Cc1cc(C(C)CCN)c(F)c(O)c1Br. The highest BCUT2D eigenvalue weighted by molar-refractivity contribution is 9.10. The van der Waals surface area contributed by atoms with Gasteiger partial charge >= 0.3 is 0 Å². The van der Waals surface area contributed by atoms with Gasteiger partial charge in [-0.25, -0.2) is 4.39 Å². The summed E-state index contributed by atoms with van der Waals surface area (Å²) in [4.78, 5) is 0. The normalized spacial score (nSPS) is 12.9. The summed E-state index contributed by atoms with van der Waals surface area (Å²) in [6.07, 6.45) is 0.706. The molecule has 2 nitrogen and oxygen atoms in total. The highest BCUT2D eigenvalue weighted by Gasteiger charge is 2.17. The molecule has 0 spiro atoms. The number of halogens is 2. The molecule has 0 saturated heterocycles. The summed E-state index contributed by atoms with van der Waals surface area (Å²) in [5, 5.41) is 9.53. The molecular formula is C11H15BrFNO. The molecule has 1 atom stereocenters. The first-order chi connectivity index (χ1) is 6.99. The van der Waals surface area contributed by atoms with Gasteiger partial charge in [0.1, 0.15) is 0 Å². The summed E-state index contributed by atoms with van der Waals surface area (Å²) in [5.74, 6) is -0.838. The highest BCUT2D eigenvalue weighted by atomic mass is 79.9. The fourth-order valence-corrected chi connectivity index (χ4v) is 1.83. The Bertz CT molecular complexity index is 368. The van der Waals surface area contributed by atoms with E-state index in [2.05, 4.69) is 15.9 Å². The van der Waals surface area contributed by atoms with E-state index in [1.165, 1.54) is 0 Å². The van der Waals surface area contributed by atoms with Crippen LogP contribution in [0.2, 0.25) is 0 Å². The average Bonchev–Trinajstić information content (AvgIpc) is 2.20. The van der Waals surface area contributed by atoms with Crippen LogP contribution in [0, 0.1) is 12.7 Å². The van der Waals surface area contributed by atoms with Gasteiger partial charge in [-0.05, 0) is 52.9 Å². The molecule has 0 aliphatic heterocycles. The Morgan fingerprint density at radius 1 is 1.60 bits per heavy atom. The number of phenolic OH excluding ortho intramolecular Hbond substituents is 1. The van der Waals surface area contributed by atoms with E-state index in [1.807, 2.05) is 13.8 Å². The van der Waals surface area contributed by atoms with E-state index in [4.69, 9.17) is 5.73 Å². The molecular weight excluding hydrogens is 261 g/mol. The van der Waals surface area contributed by atoms with E-state index < -0.39 is 5.82 Å². The van der Waals surface area contributed by atoms with Crippen molar-refractivity contribution in [3.63, 3.8) is 0 Å². The van der Waals surface area contributed by atoms with Crippen LogP contribution in [0.15, 0.2) is 10.5 Å². The van der Waals surface area contributed by atoms with E-state index >= 15 is 0 Å². The molecule has 3 N–H and O–H groups in total. The third-order valence-corrected chi connectivity index (χ3v) is 3.52. The molecule has 0 amide bonds. The van der Waals surface area contributed by atoms with Crippen LogP contribution in [0.4, 0.5) is 4.39 Å². The largest absolute Gasteiger partial charge is 0.504 e. The average molecular weight is 276 g/mol. The lowest BCUT2D eigenvalue weighted by atomic mass is 9.95. The minimum absolute atomic E-state index is 0.0210. The molecule has 0 heterocycles. The van der Waals surface area contributed by atoms with Crippen LogP contribution in [0.3, 0.4) is 0 Å². The van der Waals surface area contributed by atoms with Crippen LogP contribution in [-0.4, -0.2) is 11.7 Å².